The molecule has 1 aromatic carbocycles. The van der Waals surface area contributed by atoms with Crippen LogP contribution >= 0.6 is 24.0 Å². The van der Waals surface area contributed by atoms with Crippen molar-refractivity contribution in [3.8, 4) is 0 Å². The molecule has 1 saturated heterocycles. The van der Waals surface area contributed by atoms with E-state index in [9.17, 15) is 8.42 Å². The molecule has 1 unspecified atom stereocenters. The van der Waals surface area contributed by atoms with Gasteiger partial charge in [0.2, 0.25) is 10.0 Å². The van der Waals surface area contributed by atoms with E-state index in [0.29, 0.717) is 18.1 Å². The number of halogens is 2. The van der Waals surface area contributed by atoms with Crippen LogP contribution in [-0.2, 0) is 10.0 Å². The number of nitrogens with two attached hydrogens (primary N) is 1. The maximum atomic E-state index is 12.1. The van der Waals surface area contributed by atoms with E-state index < -0.39 is 10.0 Å². The fourth-order valence-corrected chi connectivity index (χ4v) is 3.55. The van der Waals surface area contributed by atoms with E-state index in [0.717, 1.165) is 18.4 Å². The molecule has 20 heavy (non-hydrogen) atoms. The van der Waals surface area contributed by atoms with Gasteiger partial charge in [-0.25, -0.2) is 8.42 Å². The van der Waals surface area contributed by atoms with Gasteiger partial charge in [0.1, 0.15) is 0 Å². The van der Waals surface area contributed by atoms with E-state index in [1.165, 1.54) is 9.71 Å². The van der Waals surface area contributed by atoms with Crippen molar-refractivity contribution >= 4 is 40.1 Å². The van der Waals surface area contributed by atoms with Crippen LogP contribution in [0.4, 0.5) is 0 Å². The highest BCUT2D eigenvalue weighted by molar-refractivity contribution is 7.92. The van der Waals surface area contributed by atoms with Gasteiger partial charge in [-0.05, 0) is 36.6 Å². The lowest BCUT2D eigenvalue weighted by Gasteiger charge is -2.28. The van der Waals surface area contributed by atoms with Crippen LogP contribution in [0.2, 0.25) is 5.02 Å². The van der Waals surface area contributed by atoms with Gasteiger partial charge < -0.3 is 5.73 Å². The smallest absolute Gasteiger partial charge is 0.236 e. The summed E-state index contributed by atoms with van der Waals surface area (Å²) in [7, 11) is -3.40. The second-order valence-electron chi connectivity index (χ2n) is 4.66. The molecule has 2 rings (SSSR count). The number of nitrogens with zero attached hydrogens (tertiary/aromatic N) is 1. The minimum absolute atomic E-state index is 0. The molecule has 0 saturated carbocycles. The maximum Gasteiger partial charge on any atom is 0.236 e. The monoisotopic (exact) mass is 336 g/mol. The molecular weight excluding hydrogens is 319 g/mol. The van der Waals surface area contributed by atoms with E-state index in [2.05, 4.69) is 0 Å². The zero-order valence-corrected chi connectivity index (χ0v) is 13.3. The van der Waals surface area contributed by atoms with Crippen LogP contribution in [0.15, 0.2) is 29.7 Å². The molecule has 0 amide bonds. The average Bonchev–Trinajstić information content (AvgIpc) is 2.37. The van der Waals surface area contributed by atoms with Crippen LogP contribution in [0.3, 0.4) is 0 Å². The first-order valence-corrected chi connectivity index (χ1v) is 8.05. The molecule has 1 fully saturated rings. The van der Waals surface area contributed by atoms with Crippen molar-refractivity contribution in [1.29, 1.82) is 0 Å². The van der Waals surface area contributed by atoms with Gasteiger partial charge >= 0.3 is 0 Å². The quantitative estimate of drug-likeness (QED) is 0.922. The molecule has 1 aliphatic heterocycles. The topological polar surface area (TPSA) is 63.4 Å². The minimum Gasteiger partial charge on any atom is -0.327 e. The predicted octanol–water partition coefficient (Wildman–Crippen LogP) is 2.49. The zero-order valence-electron chi connectivity index (χ0n) is 10.9. The number of rotatable bonds is 3. The number of hydrogen-bond donors (Lipinski definition) is 1. The first-order valence-electron chi connectivity index (χ1n) is 6.17. The van der Waals surface area contributed by atoms with E-state index in [1.807, 2.05) is 0 Å². The van der Waals surface area contributed by atoms with Gasteiger partial charge in [-0.15, -0.1) is 12.4 Å². The van der Waals surface area contributed by atoms with Crippen LogP contribution in [0.1, 0.15) is 18.4 Å². The number of sulfonamides is 1. The molecular formula is C13H18Cl2N2O2S. The summed E-state index contributed by atoms with van der Waals surface area (Å²) in [5.41, 5.74) is 6.56. The van der Waals surface area contributed by atoms with Crippen molar-refractivity contribution in [1.82, 2.24) is 4.31 Å². The molecule has 0 aromatic heterocycles. The Labute approximate surface area is 131 Å². The normalized spacial score (nSPS) is 20.8. The Balaban J connectivity index is 0.00000200. The minimum atomic E-state index is -3.40. The van der Waals surface area contributed by atoms with Crippen LogP contribution in [0.25, 0.3) is 6.08 Å². The van der Waals surface area contributed by atoms with Crippen molar-refractivity contribution in [2.75, 3.05) is 13.1 Å². The third-order valence-electron chi connectivity index (χ3n) is 3.06. The van der Waals surface area contributed by atoms with Gasteiger partial charge in [-0.3, -0.25) is 0 Å². The van der Waals surface area contributed by atoms with Crippen LogP contribution in [0, 0.1) is 0 Å². The van der Waals surface area contributed by atoms with Gasteiger partial charge in [0.05, 0.1) is 0 Å². The van der Waals surface area contributed by atoms with Gasteiger partial charge in [-0.1, -0.05) is 23.7 Å². The number of benzene rings is 1. The predicted molar refractivity (Wildman–Crippen MR) is 85.4 cm³/mol. The van der Waals surface area contributed by atoms with Crippen molar-refractivity contribution in [2.24, 2.45) is 5.73 Å². The molecule has 1 heterocycles. The summed E-state index contributed by atoms with van der Waals surface area (Å²) in [6, 6.07) is 6.99. The third kappa shape index (κ3) is 4.75. The Morgan fingerprint density at radius 3 is 2.80 bits per heavy atom. The van der Waals surface area contributed by atoms with E-state index in [4.69, 9.17) is 17.3 Å². The van der Waals surface area contributed by atoms with Crippen LogP contribution < -0.4 is 5.73 Å². The van der Waals surface area contributed by atoms with E-state index in [1.54, 1.807) is 30.3 Å². The summed E-state index contributed by atoms with van der Waals surface area (Å²) < 4.78 is 25.7. The highest BCUT2D eigenvalue weighted by atomic mass is 35.5. The van der Waals surface area contributed by atoms with Crippen LogP contribution in [0.5, 0.6) is 0 Å². The lowest BCUT2D eigenvalue weighted by molar-refractivity contribution is 0.319. The summed E-state index contributed by atoms with van der Waals surface area (Å²) in [6.07, 6.45) is 3.25. The van der Waals surface area contributed by atoms with Gasteiger partial charge in [0.25, 0.3) is 0 Å². The first-order chi connectivity index (χ1) is 8.97. The fraction of sp³-hybridized carbons (Fsp3) is 0.385. The largest absolute Gasteiger partial charge is 0.327 e. The lowest BCUT2D eigenvalue weighted by atomic mass is 10.1. The highest BCUT2D eigenvalue weighted by Gasteiger charge is 2.25. The Hall–Kier alpha value is -0.590. The summed E-state index contributed by atoms with van der Waals surface area (Å²) in [5.74, 6) is 0. The molecule has 7 heteroatoms. The molecule has 0 radical (unpaired) electrons. The molecule has 112 valence electrons. The zero-order chi connectivity index (χ0) is 13.9. The van der Waals surface area contributed by atoms with E-state index in [-0.39, 0.29) is 18.4 Å². The van der Waals surface area contributed by atoms with Crippen LogP contribution in [-0.4, -0.2) is 31.9 Å². The molecule has 1 aromatic rings. The van der Waals surface area contributed by atoms with Crippen molar-refractivity contribution in [2.45, 2.75) is 18.9 Å². The molecule has 1 aliphatic rings. The van der Waals surface area contributed by atoms with Crippen molar-refractivity contribution in [3.05, 3.63) is 40.3 Å². The molecule has 4 nitrogen and oxygen atoms in total. The average molecular weight is 337 g/mol. The molecule has 2 N–H and O–H groups in total. The summed E-state index contributed by atoms with van der Waals surface area (Å²) in [4.78, 5) is 0. The standard InChI is InChI=1S/C13H17ClN2O2S.ClH/c14-12-4-1-3-11(9-12)6-8-19(17,18)16-7-2-5-13(15)10-16;/h1,3-4,6,8-9,13H,2,5,7,10,15H2;1H/b8-6+;. The number of piperidine rings is 1. The second kappa shape index (κ2) is 7.43. The van der Waals surface area contributed by atoms with Gasteiger partial charge in [0.15, 0.2) is 0 Å². The van der Waals surface area contributed by atoms with Gasteiger partial charge in [-0.2, -0.15) is 4.31 Å². The van der Waals surface area contributed by atoms with Crippen molar-refractivity contribution in [3.63, 3.8) is 0 Å². The lowest BCUT2D eigenvalue weighted by Crippen LogP contribution is -2.44. The Bertz CT molecular complexity index is 575. The number of hydrogen-bond acceptors (Lipinski definition) is 3. The van der Waals surface area contributed by atoms with E-state index >= 15 is 0 Å². The maximum absolute atomic E-state index is 12.1. The summed E-state index contributed by atoms with van der Waals surface area (Å²) in [6.45, 7) is 0.929. The summed E-state index contributed by atoms with van der Waals surface area (Å²) >= 11 is 5.85. The van der Waals surface area contributed by atoms with Gasteiger partial charge in [0, 0.05) is 29.6 Å². The second-order valence-corrected chi connectivity index (χ2v) is 6.92. The molecule has 0 aliphatic carbocycles. The summed E-state index contributed by atoms with van der Waals surface area (Å²) in [5, 5.41) is 1.80. The fourth-order valence-electron chi connectivity index (χ4n) is 2.07. The molecule has 0 bridgehead atoms. The Morgan fingerprint density at radius 2 is 2.15 bits per heavy atom. The first kappa shape index (κ1) is 17.5. The SMILES string of the molecule is Cl.NC1CCCN(S(=O)(=O)/C=C/c2cccc(Cl)c2)C1. The third-order valence-corrected chi connectivity index (χ3v) is 4.83. The molecule has 0 spiro atoms. The molecule has 1 atom stereocenters. The Kier molecular flexibility index (Phi) is 6.48. The van der Waals surface area contributed by atoms with Crippen molar-refractivity contribution < 1.29 is 8.42 Å². The Morgan fingerprint density at radius 1 is 1.40 bits per heavy atom. The highest BCUT2D eigenvalue weighted by Crippen LogP contribution is 2.16.